The number of hydrogen-bond acceptors (Lipinski definition) is 3. The minimum absolute atomic E-state index is 0.0765. The first-order valence-electron chi connectivity index (χ1n) is 5.76. The molecule has 94 valence electrons. The maximum Gasteiger partial charge on any atom is 0.124 e. The van der Waals surface area contributed by atoms with E-state index in [1.807, 2.05) is 37.1 Å². The van der Waals surface area contributed by atoms with Crippen LogP contribution in [0.5, 0.6) is 0 Å². The SMILES string of the molecule is Cc1cccc(C(=N)N)c1N(C)CCC(C)O. The lowest BCUT2D eigenvalue weighted by Crippen LogP contribution is -2.26. The van der Waals surface area contributed by atoms with Crippen LogP contribution in [-0.2, 0) is 0 Å². The highest BCUT2D eigenvalue weighted by Gasteiger charge is 2.12. The van der Waals surface area contributed by atoms with Gasteiger partial charge in [0.15, 0.2) is 0 Å². The molecule has 0 saturated heterocycles. The van der Waals surface area contributed by atoms with Crippen LogP contribution in [0.25, 0.3) is 0 Å². The fraction of sp³-hybridized carbons (Fsp3) is 0.462. The number of nitrogens with zero attached hydrogens (tertiary/aromatic N) is 1. The number of para-hydroxylation sites is 1. The van der Waals surface area contributed by atoms with E-state index in [4.69, 9.17) is 11.1 Å². The average molecular weight is 235 g/mol. The third-order valence-electron chi connectivity index (χ3n) is 2.79. The first-order chi connectivity index (χ1) is 7.93. The molecule has 0 bridgehead atoms. The van der Waals surface area contributed by atoms with E-state index in [1.54, 1.807) is 6.92 Å². The number of amidine groups is 1. The highest BCUT2D eigenvalue weighted by Crippen LogP contribution is 2.24. The molecular weight excluding hydrogens is 214 g/mol. The molecule has 0 aliphatic heterocycles. The molecule has 0 spiro atoms. The molecule has 0 saturated carbocycles. The number of rotatable bonds is 5. The molecule has 0 heterocycles. The summed E-state index contributed by atoms with van der Waals surface area (Å²) in [6.45, 7) is 4.51. The van der Waals surface area contributed by atoms with Gasteiger partial charge in [-0.1, -0.05) is 12.1 Å². The minimum atomic E-state index is -0.317. The molecule has 1 atom stereocenters. The lowest BCUT2D eigenvalue weighted by Gasteiger charge is -2.24. The second kappa shape index (κ2) is 5.68. The molecule has 1 aromatic rings. The summed E-state index contributed by atoms with van der Waals surface area (Å²) >= 11 is 0. The van der Waals surface area contributed by atoms with Gasteiger partial charge in [-0.05, 0) is 31.9 Å². The highest BCUT2D eigenvalue weighted by molar-refractivity contribution is 6.01. The van der Waals surface area contributed by atoms with Gasteiger partial charge in [-0.2, -0.15) is 0 Å². The standard InChI is InChI=1S/C13H21N3O/c1-9-5-4-6-11(13(14)15)12(9)16(3)8-7-10(2)17/h4-6,10,17H,7-8H2,1-3H3,(H3,14,15). The van der Waals surface area contributed by atoms with Crippen molar-refractivity contribution in [3.05, 3.63) is 29.3 Å². The Morgan fingerprint density at radius 1 is 1.53 bits per heavy atom. The van der Waals surface area contributed by atoms with Gasteiger partial charge in [0.2, 0.25) is 0 Å². The van der Waals surface area contributed by atoms with Gasteiger partial charge < -0.3 is 15.7 Å². The summed E-state index contributed by atoms with van der Waals surface area (Å²) in [6.07, 6.45) is 0.379. The third-order valence-corrected chi connectivity index (χ3v) is 2.79. The van der Waals surface area contributed by atoms with Crippen LogP contribution in [0.3, 0.4) is 0 Å². The molecule has 0 radical (unpaired) electrons. The van der Waals surface area contributed by atoms with Gasteiger partial charge in [0, 0.05) is 19.2 Å². The summed E-state index contributed by atoms with van der Waals surface area (Å²) in [6, 6.07) is 5.75. The molecule has 0 aliphatic carbocycles. The van der Waals surface area contributed by atoms with Gasteiger partial charge in [-0.15, -0.1) is 0 Å². The lowest BCUT2D eigenvalue weighted by molar-refractivity contribution is 0.187. The molecule has 4 N–H and O–H groups in total. The van der Waals surface area contributed by atoms with Crippen molar-refractivity contribution in [2.45, 2.75) is 26.4 Å². The quantitative estimate of drug-likeness (QED) is 0.534. The van der Waals surface area contributed by atoms with Crippen LogP contribution in [0, 0.1) is 12.3 Å². The number of nitrogen functional groups attached to an aromatic ring is 1. The van der Waals surface area contributed by atoms with E-state index in [2.05, 4.69) is 0 Å². The van der Waals surface area contributed by atoms with Gasteiger partial charge in [0.25, 0.3) is 0 Å². The summed E-state index contributed by atoms with van der Waals surface area (Å²) < 4.78 is 0. The van der Waals surface area contributed by atoms with Gasteiger partial charge >= 0.3 is 0 Å². The van der Waals surface area contributed by atoms with Crippen LogP contribution in [0.15, 0.2) is 18.2 Å². The van der Waals surface area contributed by atoms with Crippen LogP contribution in [0.1, 0.15) is 24.5 Å². The molecule has 1 rings (SSSR count). The number of benzene rings is 1. The van der Waals surface area contributed by atoms with E-state index in [0.29, 0.717) is 6.42 Å². The number of nitrogens with two attached hydrogens (primary N) is 1. The maximum atomic E-state index is 9.30. The van der Waals surface area contributed by atoms with E-state index >= 15 is 0 Å². The maximum absolute atomic E-state index is 9.30. The van der Waals surface area contributed by atoms with Crippen molar-refractivity contribution >= 4 is 11.5 Å². The molecule has 1 aromatic carbocycles. The van der Waals surface area contributed by atoms with Crippen LogP contribution < -0.4 is 10.6 Å². The smallest absolute Gasteiger partial charge is 0.124 e. The first kappa shape index (κ1) is 13.5. The summed E-state index contributed by atoms with van der Waals surface area (Å²) in [4.78, 5) is 2.04. The number of aliphatic hydroxyl groups excluding tert-OH is 1. The number of hydrogen-bond donors (Lipinski definition) is 3. The Balaban J connectivity index is 2.98. The van der Waals surface area contributed by atoms with E-state index < -0.39 is 0 Å². The number of anilines is 1. The van der Waals surface area contributed by atoms with Crippen molar-refractivity contribution in [2.75, 3.05) is 18.5 Å². The second-order valence-electron chi connectivity index (χ2n) is 4.44. The molecule has 0 fully saturated rings. The molecule has 0 aliphatic rings. The Morgan fingerprint density at radius 2 is 2.18 bits per heavy atom. The molecular formula is C13H21N3O. The first-order valence-corrected chi connectivity index (χ1v) is 5.76. The van der Waals surface area contributed by atoms with Crippen molar-refractivity contribution in [2.24, 2.45) is 5.73 Å². The fourth-order valence-electron chi connectivity index (χ4n) is 1.88. The molecule has 4 heteroatoms. The number of aliphatic hydroxyl groups is 1. The Kier molecular flexibility index (Phi) is 4.52. The van der Waals surface area contributed by atoms with Crippen molar-refractivity contribution in [3.63, 3.8) is 0 Å². The predicted octanol–water partition coefficient (Wildman–Crippen LogP) is 1.49. The average Bonchev–Trinajstić information content (AvgIpc) is 2.25. The molecule has 0 aromatic heterocycles. The summed E-state index contributed by atoms with van der Waals surface area (Å²) in [5, 5.41) is 16.9. The topological polar surface area (TPSA) is 73.3 Å². The third kappa shape index (κ3) is 3.46. The van der Waals surface area contributed by atoms with Crippen LogP contribution in [0.2, 0.25) is 0 Å². The second-order valence-corrected chi connectivity index (χ2v) is 4.44. The molecule has 1 unspecified atom stereocenters. The zero-order chi connectivity index (χ0) is 13.0. The fourth-order valence-corrected chi connectivity index (χ4v) is 1.88. The van der Waals surface area contributed by atoms with Crippen molar-refractivity contribution < 1.29 is 5.11 Å². The van der Waals surface area contributed by atoms with Gasteiger partial charge in [0.1, 0.15) is 5.84 Å². The Morgan fingerprint density at radius 3 is 2.71 bits per heavy atom. The van der Waals surface area contributed by atoms with Gasteiger partial charge in [-0.3, -0.25) is 5.41 Å². The monoisotopic (exact) mass is 235 g/mol. The highest BCUT2D eigenvalue weighted by atomic mass is 16.3. The molecule has 17 heavy (non-hydrogen) atoms. The zero-order valence-electron chi connectivity index (χ0n) is 10.7. The Labute approximate surface area is 103 Å². The van der Waals surface area contributed by atoms with Crippen LogP contribution in [0.4, 0.5) is 5.69 Å². The van der Waals surface area contributed by atoms with Gasteiger partial charge in [-0.25, -0.2) is 0 Å². The summed E-state index contributed by atoms with van der Waals surface area (Å²) in [5.74, 6) is 0.0765. The van der Waals surface area contributed by atoms with E-state index in [9.17, 15) is 5.11 Å². The molecule has 4 nitrogen and oxygen atoms in total. The van der Waals surface area contributed by atoms with Crippen LogP contribution >= 0.6 is 0 Å². The summed E-state index contributed by atoms with van der Waals surface area (Å²) in [5.41, 5.74) is 8.39. The van der Waals surface area contributed by atoms with Gasteiger partial charge in [0.05, 0.1) is 11.8 Å². The van der Waals surface area contributed by atoms with E-state index in [0.717, 1.165) is 23.4 Å². The normalized spacial score (nSPS) is 12.2. The van der Waals surface area contributed by atoms with Crippen molar-refractivity contribution in [1.82, 2.24) is 0 Å². The van der Waals surface area contributed by atoms with E-state index in [-0.39, 0.29) is 11.9 Å². The van der Waals surface area contributed by atoms with Crippen LogP contribution in [-0.4, -0.2) is 30.6 Å². The van der Waals surface area contributed by atoms with Crippen molar-refractivity contribution in [1.29, 1.82) is 5.41 Å². The Bertz CT molecular complexity index is 402. The Hall–Kier alpha value is -1.55. The van der Waals surface area contributed by atoms with E-state index in [1.165, 1.54) is 0 Å². The number of aryl methyl sites for hydroxylation is 1. The predicted molar refractivity (Wildman–Crippen MR) is 71.8 cm³/mol. The zero-order valence-corrected chi connectivity index (χ0v) is 10.7. The number of nitrogens with one attached hydrogen (secondary N) is 1. The molecule has 0 amide bonds. The minimum Gasteiger partial charge on any atom is -0.393 e. The summed E-state index contributed by atoms with van der Waals surface area (Å²) in [7, 11) is 1.96. The van der Waals surface area contributed by atoms with Crippen molar-refractivity contribution in [3.8, 4) is 0 Å². The lowest BCUT2D eigenvalue weighted by atomic mass is 10.1. The largest absolute Gasteiger partial charge is 0.393 e.